The van der Waals surface area contributed by atoms with Gasteiger partial charge in [0, 0.05) is 18.5 Å². The van der Waals surface area contributed by atoms with Crippen molar-refractivity contribution in [2.24, 2.45) is 5.16 Å². The first-order valence-corrected chi connectivity index (χ1v) is 8.96. The Morgan fingerprint density at radius 2 is 1.92 bits per heavy atom. The average Bonchev–Trinajstić information content (AvgIpc) is 3.39. The average molecular weight is 355 g/mol. The molecule has 2 aliphatic rings. The maximum Gasteiger partial charge on any atom is 0.290 e. The molecule has 0 unspecified atom stereocenters. The van der Waals surface area contributed by atoms with E-state index in [1.165, 1.54) is 6.21 Å². The summed E-state index contributed by atoms with van der Waals surface area (Å²) in [5, 5.41) is 12.8. The van der Waals surface area contributed by atoms with Gasteiger partial charge in [0.25, 0.3) is 5.91 Å². The summed E-state index contributed by atoms with van der Waals surface area (Å²) in [6, 6.07) is 8.52. The monoisotopic (exact) mass is 355 g/mol. The normalized spacial score (nSPS) is 23.4. The lowest BCUT2D eigenvalue weighted by molar-refractivity contribution is -0.135. The van der Waals surface area contributed by atoms with Gasteiger partial charge < -0.3 is 19.4 Å². The van der Waals surface area contributed by atoms with Crippen molar-refractivity contribution in [3.63, 3.8) is 0 Å². The Hall–Kier alpha value is -2.83. The molecule has 0 spiro atoms. The summed E-state index contributed by atoms with van der Waals surface area (Å²) in [6.07, 6.45) is 4.47. The fourth-order valence-corrected chi connectivity index (χ4v) is 3.98. The van der Waals surface area contributed by atoms with E-state index in [2.05, 4.69) is 5.16 Å². The van der Waals surface area contributed by atoms with E-state index in [1.54, 1.807) is 15.9 Å². The first-order chi connectivity index (χ1) is 12.7. The van der Waals surface area contributed by atoms with Crippen LogP contribution in [0, 0.1) is 0 Å². The van der Waals surface area contributed by atoms with E-state index < -0.39 is 6.04 Å². The molecule has 3 heterocycles. The number of rotatable bonds is 3. The second-order valence-corrected chi connectivity index (χ2v) is 6.81. The van der Waals surface area contributed by atoms with Crippen LogP contribution in [0.2, 0.25) is 0 Å². The number of hydrogen-bond donors (Lipinski definition) is 1. The molecule has 1 aromatic carbocycles. The topological polar surface area (TPSA) is 86.4 Å². The highest BCUT2D eigenvalue weighted by Crippen LogP contribution is 2.27. The van der Waals surface area contributed by atoms with Gasteiger partial charge in [0.05, 0.1) is 12.3 Å². The fraction of sp³-hybridized carbons (Fsp3) is 0.421. The van der Waals surface area contributed by atoms with Crippen LogP contribution in [0.15, 0.2) is 39.9 Å². The summed E-state index contributed by atoms with van der Waals surface area (Å²) in [6.45, 7) is 1.16. The molecule has 4 rings (SSSR count). The Morgan fingerprint density at radius 1 is 1.15 bits per heavy atom. The molecule has 2 amide bonds. The molecule has 7 nitrogen and oxygen atoms in total. The quantitative estimate of drug-likeness (QED) is 0.521. The SMILES string of the molecule is O=C([C@@H]1CCCN1C(=O)c1cc2ccccc2o1)N1CCC[C@H]1C=NO. The maximum absolute atomic E-state index is 13.0. The Bertz CT molecular complexity index is 826. The molecule has 0 saturated carbocycles. The second kappa shape index (κ2) is 6.82. The van der Waals surface area contributed by atoms with Crippen molar-refractivity contribution < 1.29 is 19.2 Å². The first kappa shape index (κ1) is 16.6. The standard InChI is InChI=1S/C19H21N3O4/c23-18(21-9-3-6-14(21)12-20-25)15-7-4-10-22(15)19(24)17-11-13-5-1-2-8-16(13)26-17/h1-2,5,8,11-12,14-15,25H,3-4,6-7,9-10H2/t14-,15-/m0/s1. The molecule has 0 aliphatic carbocycles. The van der Waals surface area contributed by atoms with E-state index in [9.17, 15) is 9.59 Å². The molecule has 1 aromatic heterocycles. The zero-order valence-electron chi connectivity index (χ0n) is 14.4. The maximum atomic E-state index is 13.0. The third kappa shape index (κ3) is 2.83. The van der Waals surface area contributed by atoms with Crippen molar-refractivity contribution >= 4 is 29.0 Å². The van der Waals surface area contributed by atoms with Gasteiger partial charge in [-0.25, -0.2) is 0 Å². The summed E-state index contributed by atoms with van der Waals surface area (Å²) in [7, 11) is 0. The van der Waals surface area contributed by atoms with Crippen LogP contribution >= 0.6 is 0 Å². The number of amides is 2. The molecule has 26 heavy (non-hydrogen) atoms. The molecule has 2 saturated heterocycles. The van der Waals surface area contributed by atoms with Crippen LogP contribution in [-0.4, -0.2) is 58.2 Å². The Balaban J connectivity index is 1.56. The van der Waals surface area contributed by atoms with E-state index in [4.69, 9.17) is 9.62 Å². The highest BCUT2D eigenvalue weighted by atomic mass is 16.4. The molecular weight excluding hydrogens is 334 g/mol. The lowest BCUT2D eigenvalue weighted by Gasteiger charge is -2.29. The lowest BCUT2D eigenvalue weighted by atomic mass is 10.1. The molecule has 7 heteroatoms. The molecule has 2 aromatic rings. The van der Waals surface area contributed by atoms with Gasteiger partial charge in [-0.2, -0.15) is 0 Å². The summed E-state index contributed by atoms with van der Waals surface area (Å²) in [4.78, 5) is 29.3. The molecule has 2 fully saturated rings. The first-order valence-electron chi connectivity index (χ1n) is 8.96. The second-order valence-electron chi connectivity index (χ2n) is 6.81. The van der Waals surface area contributed by atoms with Gasteiger partial charge in [0.15, 0.2) is 5.76 Å². The van der Waals surface area contributed by atoms with Crippen molar-refractivity contribution in [2.45, 2.75) is 37.8 Å². The zero-order valence-corrected chi connectivity index (χ0v) is 14.4. The number of oxime groups is 1. The predicted octanol–water partition coefficient (Wildman–Crippen LogP) is 2.49. The molecule has 1 N–H and O–H groups in total. The minimum Gasteiger partial charge on any atom is -0.451 e. The summed E-state index contributed by atoms with van der Waals surface area (Å²) in [5.41, 5.74) is 0.664. The van der Waals surface area contributed by atoms with Crippen molar-refractivity contribution in [3.05, 3.63) is 36.1 Å². The van der Waals surface area contributed by atoms with Gasteiger partial charge in [0.1, 0.15) is 11.6 Å². The molecule has 0 radical (unpaired) electrons. The number of likely N-dealkylation sites (tertiary alicyclic amines) is 2. The number of benzene rings is 1. The third-order valence-electron chi connectivity index (χ3n) is 5.26. The van der Waals surface area contributed by atoms with E-state index in [0.29, 0.717) is 25.1 Å². The summed E-state index contributed by atoms with van der Waals surface area (Å²) < 4.78 is 5.69. The van der Waals surface area contributed by atoms with Gasteiger partial charge in [0.2, 0.25) is 5.91 Å². The van der Waals surface area contributed by atoms with E-state index in [-0.39, 0.29) is 23.6 Å². The van der Waals surface area contributed by atoms with Crippen molar-refractivity contribution in [3.8, 4) is 0 Å². The number of carbonyl (C=O) groups is 2. The summed E-state index contributed by atoms with van der Waals surface area (Å²) >= 11 is 0. The van der Waals surface area contributed by atoms with Gasteiger partial charge in [-0.05, 0) is 37.8 Å². The Kier molecular flexibility index (Phi) is 4.36. The molecular formula is C19H21N3O4. The largest absolute Gasteiger partial charge is 0.451 e. The fourth-order valence-electron chi connectivity index (χ4n) is 3.98. The summed E-state index contributed by atoms with van der Waals surface area (Å²) in [5.74, 6) is -0.0567. The van der Waals surface area contributed by atoms with E-state index in [0.717, 1.165) is 24.6 Å². The van der Waals surface area contributed by atoms with Crippen LogP contribution in [0.5, 0.6) is 0 Å². The number of carbonyl (C=O) groups excluding carboxylic acids is 2. The Labute approximate surface area is 150 Å². The number of hydrogen-bond acceptors (Lipinski definition) is 5. The van der Waals surface area contributed by atoms with Crippen LogP contribution in [0.4, 0.5) is 0 Å². The van der Waals surface area contributed by atoms with Crippen molar-refractivity contribution in [2.75, 3.05) is 13.1 Å². The highest BCUT2D eigenvalue weighted by molar-refractivity contribution is 5.99. The molecule has 2 atom stereocenters. The molecule has 2 aliphatic heterocycles. The number of para-hydroxylation sites is 1. The molecule has 0 bridgehead atoms. The smallest absolute Gasteiger partial charge is 0.290 e. The highest BCUT2D eigenvalue weighted by Gasteiger charge is 2.40. The van der Waals surface area contributed by atoms with E-state index >= 15 is 0 Å². The number of nitrogens with zero attached hydrogens (tertiary/aromatic N) is 3. The zero-order chi connectivity index (χ0) is 18.1. The van der Waals surface area contributed by atoms with E-state index in [1.807, 2.05) is 24.3 Å². The van der Waals surface area contributed by atoms with Crippen LogP contribution in [-0.2, 0) is 4.79 Å². The van der Waals surface area contributed by atoms with Crippen LogP contribution in [0.1, 0.15) is 36.2 Å². The number of furan rings is 1. The third-order valence-corrected chi connectivity index (χ3v) is 5.26. The van der Waals surface area contributed by atoms with Crippen molar-refractivity contribution in [1.29, 1.82) is 0 Å². The van der Waals surface area contributed by atoms with Crippen molar-refractivity contribution in [1.82, 2.24) is 9.80 Å². The van der Waals surface area contributed by atoms with Crippen LogP contribution in [0.3, 0.4) is 0 Å². The van der Waals surface area contributed by atoms with Gasteiger partial charge >= 0.3 is 0 Å². The lowest BCUT2D eigenvalue weighted by Crippen LogP contribution is -2.49. The molecule has 136 valence electrons. The van der Waals surface area contributed by atoms with Gasteiger partial charge in [-0.1, -0.05) is 23.4 Å². The van der Waals surface area contributed by atoms with Crippen LogP contribution < -0.4 is 0 Å². The van der Waals surface area contributed by atoms with Gasteiger partial charge in [-0.15, -0.1) is 0 Å². The Morgan fingerprint density at radius 3 is 2.73 bits per heavy atom. The van der Waals surface area contributed by atoms with Crippen LogP contribution in [0.25, 0.3) is 11.0 Å². The predicted molar refractivity (Wildman–Crippen MR) is 95.3 cm³/mol. The minimum atomic E-state index is -0.483. The number of fused-ring (bicyclic) bond motifs is 1. The minimum absolute atomic E-state index is 0.0747. The van der Waals surface area contributed by atoms with Gasteiger partial charge in [-0.3, -0.25) is 9.59 Å².